The first-order valence-electron chi connectivity index (χ1n) is 15.4. The summed E-state index contributed by atoms with van der Waals surface area (Å²) in [6.45, 7) is 8.56. The number of nitrogens with zero attached hydrogens (tertiary/aromatic N) is 3. The summed E-state index contributed by atoms with van der Waals surface area (Å²) in [5.74, 6) is 0.446. The van der Waals surface area contributed by atoms with E-state index < -0.39 is 11.6 Å². The molecule has 0 aliphatic carbocycles. The normalized spacial score (nSPS) is 13.2. The van der Waals surface area contributed by atoms with Crippen LogP contribution in [0.15, 0.2) is 85.2 Å². The first-order chi connectivity index (χ1) is 22.2. The highest BCUT2D eigenvalue weighted by Crippen LogP contribution is 2.27. The first kappa shape index (κ1) is 30.8. The Bertz CT molecular complexity index is 1810. The van der Waals surface area contributed by atoms with E-state index in [1.165, 1.54) is 22.2 Å². The van der Waals surface area contributed by atoms with E-state index in [1.807, 2.05) is 36.4 Å². The SMILES string of the molecule is CC(C)(C)OC(=O)CNC(=O)c1ccc(-c2cnc(Nc3ccc(OCCN4CCc5c([nH]c6ccccc56)C4)cc3)nc2)cc1. The number of aromatic nitrogens is 3. The van der Waals surface area contributed by atoms with Gasteiger partial charge in [0.05, 0.1) is 0 Å². The molecule has 0 atom stereocenters. The fraction of sp³-hybridized carbons (Fsp3) is 0.278. The van der Waals surface area contributed by atoms with Crippen molar-refractivity contribution in [3.05, 3.63) is 102 Å². The molecule has 3 aromatic carbocycles. The molecular weight excluding hydrogens is 580 g/mol. The van der Waals surface area contributed by atoms with E-state index in [2.05, 4.69) is 54.8 Å². The first-order valence-corrected chi connectivity index (χ1v) is 15.4. The lowest BCUT2D eigenvalue weighted by Gasteiger charge is -2.26. The van der Waals surface area contributed by atoms with Crippen LogP contribution in [-0.4, -0.2) is 63.6 Å². The molecule has 0 saturated carbocycles. The monoisotopic (exact) mass is 618 g/mol. The topological polar surface area (TPSA) is 121 Å². The maximum Gasteiger partial charge on any atom is 0.325 e. The Kier molecular flexibility index (Phi) is 8.98. The third-order valence-electron chi connectivity index (χ3n) is 7.69. The molecule has 0 radical (unpaired) electrons. The lowest BCUT2D eigenvalue weighted by Crippen LogP contribution is -2.34. The van der Waals surface area contributed by atoms with Gasteiger partial charge in [-0.3, -0.25) is 14.5 Å². The Balaban J connectivity index is 0.951. The van der Waals surface area contributed by atoms with Gasteiger partial charge in [-0.2, -0.15) is 0 Å². The highest BCUT2D eigenvalue weighted by Gasteiger charge is 2.20. The summed E-state index contributed by atoms with van der Waals surface area (Å²) >= 11 is 0. The van der Waals surface area contributed by atoms with Crippen LogP contribution in [0.1, 0.15) is 42.4 Å². The number of rotatable bonds is 10. The van der Waals surface area contributed by atoms with Crippen molar-refractivity contribution < 1.29 is 19.1 Å². The number of anilines is 2. The van der Waals surface area contributed by atoms with Gasteiger partial charge in [0, 0.05) is 65.4 Å². The predicted molar refractivity (Wildman–Crippen MR) is 178 cm³/mol. The Morgan fingerprint density at radius 1 is 0.935 bits per heavy atom. The number of amides is 1. The number of H-pyrrole nitrogens is 1. The summed E-state index contributed by atoms with van der Waals surface area (Å²) in [5.41, 5.74) is 6.34. The minimum absolute atomic E-state index is 0.192. The third-order valence-corrected chi connectivity index (χ3v) is 7.69. The summed E-state index contributed by atoms with van der Waals surface area (Å²) in [6, 6.07) is 23.3. The number of aromatic amines is 1. The van der Waals surface area contributed by atoms with Crippen LogP contribution in [0.4, 0.5) is 11.6 Å². The Labute approximate surface area is 268 Å². The van der Waals surface area contributed by atoms with Crippen molar-refractivity contribution in [3.8, 4) is 16.9 Å². The van der Waals surface area contributed by atoms with E-state index in [4.69, 9.17) is 9.47 Å². The summed E-state index contributed by atoms with van der Waals surface area (Å²) < 4.78 is 11.3. The summed E-state index contributed by atoms with van der Waals surface area (Å²) in [4.78, 5) is 39.2. The number of nitrogens with one attached hydrogen (secondary N) is 3. The Morgan fingerprint density at radius 3 is 2.41 bits per heavy atom. The average Bonchev–Trinajstić information content (AvgIpc) is 3.42. The standard InChI is InChI=1S/C36H38N6O4/c1-36(2,3)46-33(43)22-37-34(44)25-10-8-24(9-11-25)26-20-38-35(39-21-26)40-27-12-14-28(15-13-27)45-19-18-42-17-16-30-29-6-4-5-7-31(29)41-32(30)23-42/h4-15,20-21,41H,16-19,22-23H2,1-3H3,(H,37,44)(H,38,39,40). The molecule has 1 aliphatic rings. The van der Waals surface area contributed by atoms with Crippen molar-refractivity contribution in [2.75, 3.05) is 31.6 Å². The molecule has 0 spiro atoms. The number of para-hydroxylation sites is 1. The summed E-state index contributed by atoms with van der Waals surface area (Å²) in [5, 5.41) is 7.15. The van der Waals surface area contributed by atoms with E-state index in [0.29, 0.717) is 18.1 Å². The molecule has 2 aromatic heterocycles. The Morgan fingerprint density at radius 2 is 1.67 bits per heavy atom. The fourth-order valence-corrected chi connectivity index (χ4v) is 5.48. The fourth-order valence-electron chi connectivity index (χ4n) is 5.48. The third kappa shape index (κ3) is 7.70. The number of carbonyl (C=O) groups is 2. The molecule has 3 heterocycles. The minimum Gasteiger partial charge on any atom is -0.492 e. The van der Waals surface area contributed by atoms with E-state index in [0.717, 1.165) is 48.6 Å². The zero-order valence-corrected chi connectivity index (χ0v) is 26.3. The van der Waals surface area contributed by atoms with Crippen molar-refractivity contribution in [2.45, 2.75) is 39.3 Å². The van der Waals surface area contributed by atoms with Crippen molar-refractivity contribution in [1.29, 1.82) is 0 Å². The molecule has 10 heteroatoms. The van der Waals surface area contributed by atoms with E-state index >= 15 is 0 Å². The number of hydrogen-bond donors (Lipinski definition) is 3. The number of benzene rings is 3. The molecule has 1 amide bonds. The van der Waals surface area contributed by atoms with Crippen LogP contribution in [0.25, 0.3) is 22.0 Å². The number of carbonyl (C=O) groups excluding carboxylic acids is 2. The van der Waals surface area contributed by atoms with Crippen LogP contribution in [0.3, 0.4) is 0 Å². The molecule has 0 saturated heterocycles. The summed E-state index contributed by atoms with van der Waals surface area (Å²) in [6.07, 6.45) is 4.50. The minimum atomic E-state index is -0.602. The van der Waals surface area contributed by atoms with Gasteiger partial charge in [0.1, 0.15) is 24.5 Å². The molecule has 3 N–H and O–H groups in total. The number of esters is 1. The average molecular weight is 619 g/mol. The number of hydrogen-bond acceptors (Lipinski definition) is 8. The second-order valence-corrected chi connectivity index (χ2v) is 12.3. The van der Waals surface area contributed by atoms with Gasteiger partial charge in [-0.05, 0) is 80.8 Å². The van der Waals surface area contributed by atoms with Gasteiger partial charge >= 0.3 is 5.97 Å². The molecule has 10 nitrogen and oxygen atoms in total. The van der Waals surface area contributed by atoms with Crippen LogP contribution >= 0.6 is 0 Å². The maximum absolute atomic E-state index is 12.4. The van der Waals surface area contributed by atoms with Gasteiger partial charge in [0.2, 0.25) is 5.95 Å². The molecule has 6 rings (SSSR count). The van der Waals surface area contributed by atoms with Gasteiger partial charge in [-0.25, -0.2) is 9.97 Å². The molecule has 0 unspecified atom stereocenters. The lowest BCUT2D eigenvalue weighted by molar-refractivity contribution is -0.153. The Hall–Kier alpha value is -5.22. The zero-order valence-electron chi connectivity index (χ0n) is 26.3. The number of fused-ring (bicyclic) bond motifs is 3. The smallest absolute Gasteiger partial charge is 0.325 e. The molecule has 0 fully saturated rings. The number of ether oxygens (including phenoxy) is 2. The lowest BCUT2D eigenvalue weighted by atomic mass is 10.0. The van der Waals surface area contributed by atoms with Gasteiger partial charge in [-0.1, -0.05) is 30.3 Å². The molecule has 46 heavy (non-hydrogen) atoms. The van der Waals surface area contributed by atoms with Crippen LogP contribution in [0, 0.1) is 0 Å². The molecule has 5 aromatic rings. The predicted octanol–water partition coefficient (Wildman–Crippen LogP) is 5.88. The van der Waals surface area contributed by atoms with E-state index in [9.17, 15) is 9.59 Å². The van der Waals surface area contributed by atoms with Crippen LogP contribution in [-0.2, 0) is 22.5 Å². The van der Waals surface area contributed by atoms with Gasteiger partial charge in [0.25, 0.3) is 5.91 Å². The van der Waals surface area contributed by atoms with E-state index in [-0.39, 0.29) is 12.5 Å². The van der Waals surface area contributed by atoms with Crippen molar-refractivity contribution in [3.63, 3.8) is 0 Å². The summed E-state index contributed by atoms with van der Waals surface area (Å²) in [7, 11) is 0. The maximum atomic E-state index is 12.4. The second kappa shape index (κ2) is 13.4. The van der Waals surface area contributed by atoms with Crippen molar-refractivity contribution in [1.82, 2.24) is 25.2 Å². The van der Waals surface area contributed by atoms with E-state index in [1.54, 1.807) is 45.3 Å². The quantitative estimate of drug-likeness (QED) is 0.166. The van der Waals surface area contributed by atoms with Crippen molar-refractivity contribution >= 4 is 34.4 Å². The van der Waals surface area contributed by atoms with Gasteiger partial charge in [-0.15, -0.1) is 0 Å². The molecule has 1 aliphatic heterocycles. The highest BCUT2D eigenvalue weighted by molar-refractivity contribution is 5.96. The van der Waals surface area contributed by atoms with Gasteiger partial charge in [0.15, 0.2) is 0 Å². The van der Waals surface area contributed by atoms with Crippen LogP contribution in [0.5, 0.6) is 5.75 Å². The highest BCUT2D eigenvalue weighted by atomic mass is 16.6. The zero-order chi connectivity index (χ0) is 32.1. The molecule has 0 bridgehead atoms. The second-order valence-electron chi connectivity index (χ2n) is 12.3. The molecule has 236 valence electrons. The molecular formula is C36H38N6O4. The van der Waals surface area contributed by atoms with Crippen LogP contribution < -0.4 is 15.4 Å². The van der Waals surface area contributed by atoms with Crippen LogP contribution in [0.2, 0.25) is 0 Å². The van der Waals surface area contributed by atoms with Crippen molar-refractivity contribution in [2.24, 2.45) is 0 Å². The van der Waals surface area contributed by atoms with Gasteiger partial charge < -0.3 is 25.1 Å². The largest absolute Gasteiger partial charge is 0.492 e.